The first-order valence-corrected chi connectivity index (χ1v) is 9.82. The summed E-state index contributed by atoms with van der Waals surface area (Å²) < 4.78 is 0. The van der Waals surface area contributed by atoms with Crippen molar-refractivity contribution in [3.63, 3.8) is 0 Å². The predicted octanol–water partition coefficient (Wildman–Crippen LogP) is 6.22. The van der Waals surface area contributed by atoms with Gasteiger partial charge in [-0.05, 0) is 23.1 Å². The van der Waals surface area contributed by atoms with Crippen LogP contribution in [-0.4, -0.2) is 31.7 Å². The van der Waals surface area contributed by atoms with Crippen molar-refractivity contribution in [3.05, 3.63) is 66.3 Å². The Balaban J connectivity index is 0.000000541. The maximum Gasteiger partial charge on any atom is 0.124 e. The lowest BCUT2D eigenvalue weighted by Gasteiger charge is -2.33. The van der Waals surface area contributed by atoms with Crippen molar-refractivity contribution in [2.45, 2.75) is 46.7 Å². The van der Waals surface area contributed by atoms with Gasteiger partial charge in [0.25, 0.3) is 0 Å². The van der Waals surface area contributed by atoms with E-state index in [0.717, 1.165) is 23.6 Å². The molecule has 0 radical (unpaired) electrons. The van der Waals surface area contributed by atoms with E-state index in [0.29, 0.717) is 0 Å². The molecular formula is C23H36N4. The first-order valence-electron chi connectivity index (χ1n) is 9.82. The normalized spacial score (nSPS) is 23.1. The molecule has 1 aromatic rings. The van der Waals surface area contributed by atoms with Crippen LogP contribution in [-0.2, 0) is 0 Å². The van der Waals surface area contributed by atoms with Crippen LogP contribution in [0.15, 0.2) is 71.1 Å². The summed E-state index contributed by atoms with van der Waals surface area (Å²) in [5.74, 6) is 0.833. The second-order valence-corrected chi connectivity index (χ2v) is 7.20. The fourth-order valence-corrected chi connectivity index (χ4v) is 3.21. The van der Waals surface area contributed by atoms with Crippen LogP contribution in [0.1, 0.15) is 46.2 Å². The minimum absolute atomic E-state index is 0.0182. The van der Waals surface area contributed by atoms with Gasteiger partial charge in [0.15, 0.2) is 0 Å². The summed E-state index contributed by atoms with van der Waals surface area (Å²) in [4.78, 5) is 2.25. The number of hydrogen-bond acceptors (Lipinski definition) is 4. The average Bonchev–Trinajstić information content (AvgIpc) is 3.02. The van der Waals surface area contributed by atoms with Gasteiger partial charge in [-0.15, -0.1) is 0 Å². The van der Waals surface area contributed by atoms with Crippen molar-refractivity contribution in [1.82, 2.24) is 5.01 Å². The first-order chi connectivity index (χ1) is 12.9. The predicted molar refractivity (Wildman–Crippen MR) is 118 cm³/mol. The van der Waals surface area contributed by atoms with Gasteiger partial charge >= 0.3 is 0 Å². The van der Waals surface area contributed by atoms with Crippen LogP contribution in [0, 0.1) is 5.92 Å². The standard InChI is InChI=1S/C17H20N4.C4H10.C2H6/c1-5-12-11-20(3)15-10-8-7-9-14(15)17-16(13(12)6-2)18-19-21(17)4;1-4(2)3;1-2/h5-10,16-17H,1-2,11H2,3-4H3;4H,1-3H3;1-2H3/b13-12-;;. The zero-order chi connectivity index (χ0) is 20.6. The topological polar surface area (TPSA) is 31.2 Å². The second-order valence-electron chi connectivity index (χ2n) is 7.20. The molecule has 0 fully saturated rings. The third kappa shape index (κ3) is 5.31. The van der Waals surface area contributed by atoms with E-state index in [9.17, 15) is 0 Å². The summed E-state index contributed by atoms with van der Waals surface area (Å²) in [6.07, 6.45) is 3.81. The Morgan fingerprint density at radius 3 is 2.22 bits per heavy atom. The Morgan fingerprint density at radius 2 is 1.67 bits per heavy atom. The second kappa shape index (κ2) is 10.7. The SMILES string of the molecule is C=C/C1=C(\C=C)C2N=NN(C)C2c2ccccc2N(C)C1.CC.CC(C)C. The number of nitrogens with zero attached hydrogens (tertiary/aromatic N) is 4. The van der Waals surface area contributed by atoms with Crippen molar-refractivity contribution >= 4 is 5.69 Å². The molecule has 0 N–H and O–H groups in total. The van der Waals surface area contributed by atoms with Crippen LogP contribution in [0.25, 0.3) is 0 Å². The molecule has 0 aliphatic carbocycles. The van der Waals surface area contributed by atoms with Gasteiger partial charge in [0, 0.05) is 31.9 Å². The lowest BCUT2D eigenvalue weighted by molar-refractivity contribution is 0.282. The van der Waals surface area contributed by atoms with E-state index < -0.39 is 0 Å². The molecule has 2 aliphatic heterocycles. The third-order valence-electron chi connectivity index (χ3n) is 4.25. The van der Waals surface area contributed by atoms with Gasteiger partial charge in [-0.25, -0.2) is 0 Å². The molecule has 2 atom stereocenters. The lowest BCUT2D eigenvalue weighted by atomic mass is 9.88. The van der Waals surface area contributed by atoms with E-state index in [-0.39, 0.29) is 12.1 Å². The van der Waals surface area contributed by atoms with Gasteiger partial charge in [-0.3, -0.25) is 5.01 Å². The fraction of sp³-hybridized carbons (Fsp3) is 0.478. The number of benzene rings is 1. The molecule has 148 valence electrons. The maximum atomic E-state index is 4.47. The zero-order valence-corrected chi connectivity index (χ0v) is 18.1. The van der Waals surface area contributed by atoms with Crippen LogP contribution >= 0.6 is 0 Å². The van der Waals surface area contributed by atoms with Crippen molar-refractivity contribution in [2.75, 3.05) is 25.5 Å². The molecule has 0 amide bonds. The molecule has 3 rings (SSSR count). The summed E-state index contributed by atoms with van der Waals surface area (Å²) >= 11 is 0. The Morgan fingerprint density at radius 1 is 1.07 bits per heavy atom. The fourth-order valence-electron chi connectivity index (χ4n) is 3.21. The summed E-state index contributed by atoms with van der Waals surface area (Å²) in [7, 11) is 4.08. The van der Waals surface area contributed by atoms with Crippen LogP contribution in [0.4, 0.5) is 5.69 Å². The quantitative estimate of drug-likeness (QED) is 0.621. The van der Waals surface area contributed by atoms with Gasteiger partial charge in [0.2, 0.25) is 0 Å². The molecule has 4 nitrogen and oxygen atoms in total. The molecule has 2 heterocycles. The Bertz CT molecular complexity index is 685. The van der Waals surface area contributed by atoms with Gasteiger partial charge in [-0.2, -0.15) is 5.11 Å². The highest BCUT2D eigenvalue weighted by Gasteiger charge is 2.37. The summed E-state index contributed by atoms with van der Waals surface area (Å²) in [5, 5.41) is 10.7. The van der Waals surface area contributed by atoms with Crippen molar-refractivity contribution in [2.24, 2.45) is 16.3 Å². The summed E-state index contributed by atoms with van der Waals surface area (Å²) in [6.45, 7) is 19.2. The largest absolute Gasteiger partial charge is 0.370 e. The molecule has 0 aromatic heterocycles. The van der Waals surface area contributed by atoms with E-state index in [4.69, 9.17) is 0 Å². The van der Waals surface area contributed by atoms with E-state index in [1.54, 1.807) is 0 Å². The van der Waals surface area contributed by atoms with E-state index >= 15 is 0 Å². The number of fused-ring (bicyclic) bond motifs is 3. The van der Waals surface area contributed by atoms with Crippen LogP contribution in [0.2, 0.25) is 0 Å². The number of likely N-dealkylation sites (N-methyl/N-ethyl adjacent to an activating group) is 2. The van der Waals surface area contributed by atoms with Crippen LogP contribution in [0.3, 0.4) is 0 Å². The highest BCUT2D eigenvalue weighted by Crippen LogP contribution is 2.42. The molecule has 2 unspecified atom stereocenters. The van der Waals surface area contributed by atoms with Gasteiger partial charge in [0.1, 0.15) is 12.1 Å². The third-order valence-corrected chi connectivity index (χ3v) is 4.25. The summed E-state index contributed by atoms with van der Waals surface area (Å²) in [5.41, 5.74) is 4.74. The number of anilines is 1. The average molecular weight is 369 g/mol. The minimum Gasteiger partial charge on any atom is -0.370 e. The molecule has 0 spiro atoms. The molecule has 1 aromatic carbocycles. The number of para-hydroxylation sites is 1. The molecule has 0 bridgehead atoms. The Kier molecular flexibility index (Phi) is 8.99. The minimum atomic E-state index is -0.0182. The number of rotatable bonds is 2. The van der Waals surface area contributed by atoms with Crippen LogP contribution in [0.5, 0.6) is 0 Å². The maximum absolute atomic E-state index is 4.47. The number of hydrogen-bond donors (Lipinski definition) is 0. The molecule has 4 heteroatoms. The van der Waals surface area contributed by atoms with Crippen molar-refractivity contribution in [3.8, 4) is 0 Å². The van der Waals surface area contributed by atoms with Gasteiger partial charge < -0.3 is 4.90 Å². The molecular weight excluding hydrogens is 332 g/mol. The van der Waals surface area contributed by atoms with Crippen molar-refractivity contribution < 1.29 is 0 Å². The first kappa shape index (κ1) is 22.7. The van der Waals surface area contributed by atoms with E-state index in [2.05, 4.69) is 80.5 Å². The van der Waals surface area contributed by atoms with E-state index in [1.807, 2.05) is 38.1 Å². The summed E-state index contributed by atoms with van der Waals surface area (Å²) in [6, 6.07) is 8.54. The zero-order valence-electron chi connectivity index (χ0n) is 18.1. The monoisotopic (exact) mass is 368 g/mol. The lowest BCUT2D eigenvalue weighted by Crippen LogP contribution is -2.32. The van der Waals surface area contributed by atoms with Gasteiger partial charge in [0.05, 0.1) is 0 Å². The van der Waals surface area contributed by atoms with Crippen LogP contribution < -0.4 is 4.90 Å². The Labute approximate surface area is 166 Å². The highest BCUT2D eigenvalue weighted by molar-refractivity contribution is 5.59. The molecule has 0 saturated carbocycles. The molecule has 2 aliphatic rings. The highest BCUT2D eigenvalue weighted by atomic mass is 15.6. The smallest absolute Gasteiger partial charge is 0.124 e. The van der Waals surface area contributed by atoms with Crippen molar-refractivity contribution in [1.29, 1.82) is 0 Å². The van der Waals surface area contributed by atoms with Gasteiger partial charge in [-0.1, -0.05) is 83.4 Å². The molecule has 27 heavy (non-hydrogen) atoms. The van der Waals surface area contributed by atoms with E-state index in [1.165, 1.54) is 11.3 Å². The Hall–Kier alpha value is -2.36. The molecule has 0 saturated heterocycles.